The van der Waals surface area contributed by atoms with Gasteiger partial charge in [-0.1, -0.05) is 18.2 Å². The summed E-state index contributed by atoms with van der Waals surface area (Å²) in [6.07, 6.45) is 0. The van der Waals surface area contributed by atoms with E-state index in [0.717, 1.165) is 5.56 Å². The number of nitro benzene ring substituents is 1. The van der Waals surface area contributed by atoms with Gasteiger partial charge in [0.25, 0.3) is 5.69 Å². The molecule has 2 aromatic rings. The second-order valence-corrected chi connectivity index (χ2v) is 4.16. The molecule has 0 bridgehead atoms. The standard InChI is InChI=1S/C8H9NO3.C7H7F/c1-6-5-7(9(10)11)3-4-8(6)12-2;1-6-4-2-3-5-7(6)8/h3-5H,1-2H3;2-5H,1H3. The van der Waals surface area contributed by atoms with Crippen LogP contribution in [0.3, 0.4) is 0 Å². The summed E-state index contributed by atoms with van der Waals surface area (Å²) in [6.45, 7) is 3.52. The Kier molecular flexibility index (Phi) is 5.65. The first-order valence-corrected chi connectivity index (χ1v) is 5.96. The van der Waals surface area contributed by atoms with Crippen LogP contribution in [0.15, 0.2) is 42.5 Å². The SMILES string of the molecule is COc1ccc([N+](=O)[O-])cc1C.Cc1ccccc1F. The van der Waals surface area contributed by atoms with Crippen LogP contribution in [0, 0.1) is 29.8 Å². The van der Waals surface area contributed by atoms with Crippen molar-refractivity contribution in [1.82, 2.24) is 0 Å². The van der Waals surface area contributed by atoms with E-state index in [9.17, 15) is 14.5 Å². The highest BCUT2D eigenvalue weighted by Crippen LogP contribution is 2.22. The van der Waals surface area contributed by atoms with Gasteiger partial charge in [-0.15, -0.1) is 0 Å². The fraction of sp³-hybridized carbons (Fsp3) is 0.200. The molecule has 0 aliphatic carbocycles. The molecular formula is C15H16FNO3. The van der Waals surface area contributed by atoms with E-state index in [4.69, 9.17) is 4.74 Å². The topological polar surface area (TPSA) is 52.4 Å². The predicted molar refractivity (Wildman–Crippen MR) is 75.5 cm³/mol. The lowest BCUT2D eigenvalue weighted by atomic mass is 10.2. The lowest BCUT2D eigenvalue weighted by Gasteiger charge is -2.02. The highest BCUT2D eigenvalue weighted by Gasteiger charge is 2.07. The maximum Gasteiger partial charge on any atom is 0.269 e. The number of benzene rings is 2. The Morgan fingerprint density at radius 1 is 1.10 bits per heavy atom. The van der Waals surface area contributed by atoms with Gasteiger partial charge in [0.2, 0.25) is 0 Å². The van der Waals surface area contributed by atoms with Crippen LogP contribution < -0.4 is 4.74 Å². The van der Waals surface area contributed by atoms with Crippen LogP contribution in [0.5, 0.6) is 5.75 Å². The van der Waals surface area contributed by atoms with Crippen molar-refractivity contribution in [3.8, 4) is 5.75 Å². The molecule has 0 saturated heterocycles. The summed E-state index contributed by atoms with van der Waals surface area (Å²) < 4.78 is 17.3. The van der Waals surface area contributed by atoms with E-state index in [1.54, 1.807) is 32.0 Å². The number of hydrogen-bond donors (Lipinski definition) is 0. The fourth-order valence-electron chi connectivity index (χ4n) is 1.53. The van der Waals surface area contributed by atoms with Crippen LogP contribution in [-0.4, -0.2) is 12.0 Å². The number of methoxy groups -OCH3 is 1. The number of nitro groups is 1. The first kappa shape index (κ1) is 15.6. The third-order valence-electron chi connectivity index (χ3n) is 2.67. The zero-order valence-electron chi connectivity index (χ0n) is 11.6. The molecule has 20 heavy (non-hydrogen) atoms. The quantitative estimate of drug-likeness (QED) is 0.614. The van der Waals surface area contributed by atoms with Crippen LogP contribution in [-0.2, 0) is 0 Å². The van der Waals surface area contributed by atoms with Crippen molar-refractivity contribution in [3.05, 3.63) is 69.5 Å². The van der Waals surface area contributed by atoms with E-state index in [1.807, 2.05) is 6.07 Å². The van der Waals surface area contributed by atoms with Gasteiger partial charge in [0.15, 0.2) is 0 Å². The number of rotatable bonds is 2. The highest BCUT2D eigenvalue weighted by atomic mass is 19.1. The van der Waals surface area contributed by atoms with E-state index >= 15 is 0 Å². The molecule has 0 aromatic heterocycles. The van der Waals surface area contributed by atoms with Crippen LogP contribution in [0.4, 0.5) is 10.1 Å². The second-order valence-electron chi connectivity index (χ2n) is 4.16. The smallest absolute Gasteiger partial charge is 0.269 e. The number of aryl methyl sites for hydroxylation is 2. The van der Waals surface area contributed by atoms with Crippen LogP contribution >= 0.6 is 0 Å². The molecule has 0 saturated carbocycles. The minimum absolute atomic E-state index is 0.0910. The summed E-state index contributed by atoms with van der Waals surface area (Å²) in [5.74, 6) is 0.535. The highest BCUT2D eigenvalue weighted by molar-refractivity contribution is 5.42. The number of ether oxygens (including phenoxy) is 1. The molecule has 0 unspecified atom stereocenters. The largest absolute Gasteiger partial charge is 0.496 e. The van der Waals surface area contributed by atoms with Gasteiger partial charge in [-0.25, -0.2) is 4.39 Å². The molecule has 0 heterocycles. The average Bonchev–Trinajstić information content (AvgIpc) is 2.42. The predicted octanol–water partition coefficient (Wildman–Crippen LogP) is 4.05. The molecule has 0 spiro atoms. The lowest BCUT2D eigenvalue weighted by Crippen LogP contribution is -1.91. The van der Waals surface area contributed by atoms with Crippen LogP contribution in [0.25, 0.3) is 0 Å². The Balaban J connectivity index is 0.000000217. The molecule has 0 atom stereocenters. The minimum atomic E-state index is -0.424. The normalized spacial score (nSPS) is 9.40. The van der Waals surface area contributed by atoms with Gasteiger partial charge >= 0.3 is 0 Å². The Hall–Kier alpha value is -2.43. The van der Waals surface area contributed by atoms with Crippen LogP contribution in [0.1, 0.15) is 11.1 Å². The Morgan fingerprint density at radius 2 is 1.75 bits per heavy atom. The maximum atomic E-state index is 12.3. The van der Waals surface area contributed by atoms with E-state index in [2.05, 4.69) is 0 Å². The van der Waals surface area contributed by atoms with E-state index in [0.29, 0.717) is 11.3 Å². The number of non-ortho nitro benzene ring substituents is 1. The molecule has 0 aliphatic heterocycles. The van der Waals surface area contributed by atoms with Gasteiger partial charge in [-0.2, -0.15) is 0 Å². The lowest BCUT2D eigenvalue weighted by molar-refractivity contribution is -0.384. The minimum Gasteiger partial charge on any atom is -0.496 e. The Labute approximate surface area is 117 Å². The molecule has 0 N–H and O–H groups in total. The van der Waals surface area contributed by atoms with Crippen molar-refractivity contribution in [2.24, 2.45) is 0 Å². The van der Waals surface area contributed by atoms with Crippen molar-refractivity contribution in [2.75, 3.05) is 7.11 Å². The molecule has 4 nitrogen and oxygen atoms in total. The van der Waals surface area contributed by atoms with Crippen molar-refractivity contribution in [3.63, 3.8) is 0 Å². The molecule has 2 aromatic carbocycles. The molecule has 0 amide bonds. The number of halogens is 1. The summed E-state index contributed by atoms with van der Waals surface area (Å²) in [5, 5.41) is 10.3. The Morgan fingerprint density at radius 3 is 2.15 bits per heavy atom. The second kappa shape index (κ2) is 7.23. The third-order valence-corrected chi connectivity index (χ3v) is 2.67. The summed E-state index contributed by atoms with van der Waals surface area (Å²) >= 11 is 0. The summed E-state index contributed by atoms with van der Waals surface area (Å²) in [5.41, 5.74) is 1.56. The zero-order chi connectivity index (χ0) is 15.1. The van der Waals surface area contributed by atoms with Gasteiger partial charge in [-0.05, 0) is 37.1 Å². The zero-order valence-corrected chi connectivity index (χ0v) is 11.6. The number of hydrogen-bond acceptors (Lipinski definition) is 3. The van der Waals surface area contributed by atoms with Crippen molar-refractivity contribution in [2.45, 2.75) is 13.8 Å². The molecule has 0 aliphatic rings. The Bertz CT molecular complexity index is 578. The summed E-state index contributed by atoms with van der Waals surface area (Å²) in [7, 11) is 1.54. The third kappa shape index (κ3) is 4.35. The van der Waals surface area contributed by atoms with Gasteiger partial charge in [0, 0.05) is 12.1 Å². The molecular weight excluding hydrogens is 261 g/mol. The van der Waals surface area contributed by atoms with Gasteiger partial charge < -0.3 is 4.74 Å². The van der Waals surface area contributed by atoms with Gasteiger partial charge in [0.05, 0.1) is 12.0 Å². The monoisotopic (exact) mass is 277 g/mol. The summed E-state index contributed by atoms with van der Waals surface area (Å²) in [6, 6.07) is 11.2. The summed E-state index contributed by atoms with van der Waals surface area (Å²) in [4.78, 5) is 9.89. The molecule has 0 radical (unpaired) electrons. The number of nitrogens with zero attached hydrogens (tertiary/aromatic N) is 1. The average molecular weight is 277 g/mol. The molecule has 5 heteroatoms. The molecule has 2 rings (SSSR count). The van der Waals surface area contributed by atoms with Crippen LogP contribution in [0.2, 0.25) is 0 Å². The first-order chi connectivity index (χ1) is 9.45. The van der Waals surface area contributed by atoms with Crippen molar-refractivity contribution >= 4 is 5.69 Å². The molecule has 0 fully saturated rings. The van der Waals surface area contributed by atoms with Gasteiger partial charge in [-0.3, -0.25) is 10.1 Å². The molecule has 106 valence electrons. The van der Waals surface area contributed by atoms with E-state index in [1.165, 1.54) is 25.3 Å². The van der Waals surface area contributed by atoms with E-state index in [-0.39, 0.29) is 11.5 Å². The van der Waals surface area contributed by atoms with E-state index < -0.39 is 4.92 Å². The maximum absolute atomic E-state index is 12.3. The van der Waals surface area contributed by atoms with Gasteiger partial charge in [0.1, 0.15) is 11.6 Å². The first-order valence-electron chi connectivity index (χ1n) is 5.96. The fourth-order valence-corrected chi connectivity index (χ4v) is 1.53. The van der Waals surface area contributed by atoms with Crippen molar-refractivity contribution < 1.29 is 14.1 Å². The van der Waals surface area contributed by atoms with Crippen molar-refractivity contribution in [1.29, 1.82) is 0 Å².